The van der Waals surface area contributed by atoms with Crippen LogP contribution in [-0.2, 0) is 19.2 Å². The first kappa shape index (κ1) is 20.8. The summed E-state index contributed by atoms with van der Waals surface area (Å²) in [5.41, 5.74) is 3.76. The Morgan fingerprint density at radius 2 is 1.55 bits per heavy atom. The summed E-state index contributed by atoms with van der Waals surface area (Å²) in [6, 6.07) is 3.97. The van der Waals surface area contributed by atoms with E-state index in [1.54, 1.807) is 0 Å². The van der Waals surface area contributed by atoms with Gasteiger partial charge in [0.1, 0.15) is 6.54 Å². The molecule has 1 aliphatic carbocycles. The molecule has 1 fully saturated rings. The Morgan fingerprint density at radius 1 is 1.03 bits per heavy atom. The van der Waals surface area contributed by atoms with Crippen LogP contribution < -0.4 is 5.32 Å². The molecular weight excluding hydrogens is 370 g/mol. The van der Waals surface area contributed by atoms with Crippen molar-refractivity contribution in [2.45, 2.75) is 33.6 Å². The van der Waals surface area contributed by atoms with Crippen molar-refractivity contribution in [3.05, 3.63) is 41.0 Å². The summed E-state index contributed by atoms with van der Waals surface area (Å²) >= 11 is 0. The molecule has 29 heavy (non-hydrogen) atoms. The number of rotatable bonds is 5. The summed E-state index contributed by atoms with van der Waals surface area (Å²) in [6.45, 7) is 5.35. The van der Waals surface area contributed by atoms with Gasteiger partial charge in [0.25, 0.3) is 0 Å². The first-order chi connectivity index (χ1) is 13.7. The van der Waals surface area contributed by atoms with Gasteiger partial charge in [0.05, 0.1) is 18.4 Å². The van der Waals surface area contributed by atoms with Gasteiger partial charge in [-0.25, -0.2) is 0 Å². The lowest BCUT2D eigenvalue weighted by atomic mass is 9.85. The van der Waals surface area contributed by atoms with Crippen molar-refractivity contribution in [2.75, 3.05) is 25.5 Å². The monoisotopic (exact) mass is 397 g/mol. The number of fused-ring (bicyclic) bond motifs is 1. The third-order valence-corrected chi connectivity index (χ3v) is 5.64. The Labute approximate surface area is 170 Å². The molecule has 1 saturated heterocycles. The van der Waals surface area contributed by atoms with Crippen LogP contribution in [0.4, 0.5) is 5.69 Å². The Kier molecular flexibility index (Phi) is 5.86. The Balaban J connectivity index is 1.59. The molecule has 0 unspecified atom stereocenters. The molecule has 1 aromatic carbocycles. The number of hydrogen-bond acceptors (Lipinski definition) is 4. The number of imide groups is 1. The first-order valence-electron chi connectivity index (χ1n) is 9.81. The molecule has 7 nitrogen and oxygen atoms in total. The summed E-state index contributed by atoms with van der Waals surface area (Å²) in [4.78, 5) is 52.3. The van der Waals surface area contributed by atoms with Crippen LogP contribution in [0.3, 0.4) is 0 Å². The summed E-state index contributed by atoms with van der Waals surface area (Å²) < 4.78 is 0. The zero-order valence-electron chi connectivity index (χ0n) is 17.3. The smallest absolute Gasteiger partial charge is 0.243 e. The highest BCUT2D eigenvalue weighted by atomic mass is 16.2. The van der Waals surface area contributed by atoms with Crippen LogP contribution in [0.25, 0.3) is 0 Å². The van der Waals surface area contributed by atoms with Gasteiger partial charge in [0.15, 0.2) is 0 Å². The number of hydrogen-bond donors (Lipinski definition) is 1. The Morgan fingerprint density at radius 3 is 2.07 bits per heavy atom. The van der Waals surface area contributed by atoms with E-state index in [4.69, 9.17) is 0 Å². The molecular formula is C22H27N3O4. The van der Waals surface area contributed by atoms with Crippen molar-refractivity contribution in [1.29, 1.82) is 0 Å². The van der Waals surface area contributed by atoms with Crippen molar-refractivity contribution in [3.63, 3.8) is 0 Å². The van der Waals surface area contributed by atoms with Gasteiger partial charge in [-0.2, -0.15) is 0 Å². The van der Waals surface area contributed by atoms with Gasteiger partial charge in [-0.1, -0.05) is 29.8 Å². The SMILES string of the molecule is Cc1cc(C)c(NC(=O)CN(C)C(=O)CN2C(=O)[C@H]3CC=CC[C@H]3C2=O)c(C)c1. The maximum Gasteiger partial charge on any atom is 0.243 e. The van der Waals surface area contributed by atoms with Crippen LogP contribution >= 0.6 is 0 Å². The maximum atomic E-state index is 12.5. The second kappa shape index (κ2) is 8.19. The highest BCUT2D eigenvalue weighted by Crippen LogP contribution is 2.34. The number of allylic oxidation sites excluding steroid dienone is 2. The molecule has 2 atom stereocenters. The summed E-state index contributed by atoms with van der Waals surface area (Å²) in [6.07, 6.45) is 4.88. The van der Waals surface area contributed by atoms with Gasteiger partial charge in [-0.3, -0.25) is 24.1 Å². The quantitative estimate of drug-likeness (QED) is 0.608. The number of likely N-dealkylation sites (tertiary alicyclic amines) is 1. The predicted molar refractivity (Wildman–Crippen MR) is 109 cm³/mol. The third-order valence-electron chi connectivity index (χ3n) is 5.64. The molecule has 0 aromatic heterocycles. The molecule has 154 valence electrons. The van der Waals surface area contributed by atoms with Crippen molar-refractivity contribution in [1.82, 2.24) is 9.80 Å². The van der Waals surface area contributed by atoms with E-state index < -0.39 is 5.91 Å². The molecule has 7 heteroatoms. The van der Waals surface area contributed by atoms with Gasteiger partial charge in [-0.15, -0.1) is 0 Å². The van der Waals surface area contributed by atoms with Gasteiger partial charge < -0.3 is 10.2 Å². The molecule has 1 heterocycles. The normalized spacial score (nSPS) is 20.6. The molecule has 1 aliphatic heterocycles. The number of carbonyl (C=O) groups excluding carboxylic acids is 4. The maximum absolute atomic E-state index is 12.5. The number of benzene rings is 1. The third kappa shape index (κ3) is 4.23. The summed E-state index contributed by atoms with van der Waals surface area (Å²) in [5.74, 6) is -2.07. The van der Waals surface area contributed by atoms with Crippen LogP contribution in [0.2, 0.25) is 0 Å². The van der Waals surface area contributed by atoms with Crippen molar-refractivity contribution < 1.29 is 19.2 Å². The number of anilines is 1. The lowest BCUT2D eigenvalue weighted by Gasteiger charge is -2.21. The minimum atomic E-state index is -0.439. The molecule has 3 rings (SSSR count). The largest absolute Gasteiger partial charge is 0.335 e. The lowest BCUT2D eigenvalue weighted by Crippen LogP contribution is -2.44. The van der Waals surface area contributed by atoms with E-state index in [1.807, 2.05) is 45.1 Å². The predicted octanol–water partition coefficient (Wildman–Crippen LogP) is 1.96. The van der Waals surface area contributed by atoms with Gasteiger partial charge in [0.2, 0.25) is 23.6 Å². The highest BCUT2D eigenvalue weighted by Gasteiger charge is 2.47. The fraction of sp³-hybridized carbons (Fsp3) is 0.455. The zero-order chi connectivity index (χ0) is 21.3. The zero-order valence-corrected chi connectivity index (χ0v) is 17.3. The van der Waals surface area contributed by atoms with E-state index in [9.17, 15) is 19.2 Å². The van der Waals surface area contributed by atoms with Crippen LogP contribution in [0.15, 0.2) is 24.3 Å². The first-order valence-corrected chi connectivity index (χ1v) is 9.81. The standard InChI is InChI=1S/C22H27N3O4/c1-13-9-14(2)20(15(3)10-13)23-18(26)11-24(4)19(27)12-25-21(28)16-7-5-6-8-17(16)22(25)29/h5-6,9-10,16-17H,7-8,11-12H2,1-4H3,(H,23,26)/t16-,17+. The summed E-state index contributed by atoms with van der Waals surface area (Å²) in [7, 11) is 1.50. The fourth-order valence-electron chi connectivity index (χ4n) is 4.14. The van der Waals surface area contributed by atoms with Crippen molar-refractivity contribution in [3.8, 4) is 0 Å². The number of nitrogens with zero attached hydrogens (tertiary/aromatic N) is 2. The van der Waals surface area contributed by atoms with Crippen LogP contribution in [-0.4, -0.2) is 53.6 Å². The highest BCUT2D eigenvalue weighted by molar-refractivity contribution is 6.07. The lowest BCUT2D eigenvalue weighted by molar-refractivity contribution is -0.146. The van der Waals surface area contributed by atoms with E-state index >= 15 is 0 Å². The molecule has 1 N–H and O–H groups in total. The molecule has 0 bridgehead atoms. The van der Waals surface area contributed by atoms with Gasteiger partial charge >= 0.3 is 0 Å². The average Bonchev–Trinajstić information content (AvgIpc) is 2.90. The van der Waals surface area contributed by atoms with Gasteiger partial charge in [0, 0.05) is 12.7 Å². The number of nitrogens with one attached hydrogen (secondary N) is 1. The van der Waals surface area contributed by atoms with Crippen LogP contribution in [0, 0.1) is 32.6 Å². The average molecular weight is 397 g/mol. The molecule has 0 radical (unpaired) electrons. The molecule has 2 aliphatic rings. The second-order valence-corrected chi connectivity index (χ2v) is 7.99. The van der Waals surface area contributed by atoms with E-state index in [2.05, 4.69) is 5.32 Å². The molecule has 0 saturated carbocycles. The number of aryl methyl sites for hydroxylation is 3. The van der Waals surface area contributed by atoms with E-state index in [-0.39, 0.29) is 42.6 Å². The minimum absolute atomic E-state index is 0.157. The molecule has 4 amide bonds. The van der Waals surface area contributed by atoms with E-state index in [0.717, 1.165) is 27.3 Å². The number of amides is 4. The topological polar surface area (TPSA) is 86.8 Å². The van der Waals surface area contributed by atoms with Crippen LogP contribution in [0.5, 0.6) is 0 Å². The molecule has 1 aromatic rings. The van der Waals surface area contributed by atoms with E-state index in [0.29, 0.717) is 12.8 Å². The fourth-order valence-corrected chi connectivity index (χ4v) is 4.14. The number of carbonyl (C=O) groups is 4. The number of likely N-dealkylation sites (N-methyl/N-ethyl adjacent to an activating group) is 1. The Hall–Kier alpha value is -2.96. The van der Waals surface area contributed by atoms with Crippen molar-refractivity contribution in [2.24, 2.45) is 11.8 Å². The minimum Gasteiger partial charge on any atom is -0.335 e. The van der Waals surface area contributed by atoms with Gasteiger partial charge in [-0.05, 0) is 44.7 Å². The Bertz CT molecular complexity index is 856. The second-order valence-electron chi connectivity index (χ2n) is 7.99. The molecule has 0 spiro atoms. The van der Waals surface area contributed by atoms with Crippen LogP contribution in [0.1, 0.15) is 29.5 Å². The van der Waals surface area contributed by atoms with E-state index in [1.165, 1.54) is 11.9 Å². The summed E-state index contributed by atoms with van der Waals surface area (Å²) in [5, 5.41) is 2.85. The van der Waals surface area contributed by atoms with Crippen molar-refractivity contribution >= 4 is 29.3 Å².